The number of hydrogen-bond donors (Lipinski definition) is 1. The smallest absolute Gasteiger partial charge is 0.175 e. The molecular weight excluding hydrogens is 413 g/mol. The van der Waals surface area contributed by atoms with Gasteiger partial charge in [-0.2, -0.15) is 0 Å². The van der Waals surface area contributed by atoms with E-state index >= 15 is 0 Å². The Bertz CT molecular complexity index is 680. The second-order valence-corrected chi connectivity index (χ2v) is 6.06. The highest BCUT2D eigenvalue weighted by Crippen LogP contribution is 2.34. The summed E-state index contributed by atoms with van der Waals surface area (Å²) in [7, 11) is 1.62. The van der Waals surface area contributed by atoms with Crippen LogP contribution in [-0.4, -0.2) is 13.7 Å². The van der Waals surface area contributed by atoms with Crippen molar-refractivity contribution in [1.82, 2.24) is 0 Å². The first-order valence-corrected chi connectivity index (χ1v) is 8.02. The van der Waals surface area contributed by atoms with E-state index in [1.54, 1.807) is 7.11 Å². The Kier molecular flexibility index (Phi) is 6.22. The van der Waals surface area contributed by atoms with Gasteiger partial charge < -0.3 is 14.8 Å². The summed E-state index contributed by atoms with van der Waals surface area (Å²) in [6, 6.07) is 11.6. The van der Waals surface area contributed by atoms with Gasteiger partial charge in [0.2, 0.25) is 0 Å². The summed E-state index contributed by atoms with van der Waals surface area (Å²) < 4.78 is 11.9. The van der Waals surface area contributed by atoms with Gasteiger partial charge in [0, 0.05) is 17.3 Å². The summed E-state index contributed by atoms with van der Waals surface area (Å²) in [5, 5.41) is 4.06. The molecule has 0 atom stereocenters. The first-order valence-electron chi connectivity index (χ1n) is 6.56. The molecule has 5 heteroatoms. The molecule has 0 amide bonds. The molecule has 114 valence electrons. The Morgan fingerprint density at radius 2 is 2.00 bits per heavy atom. The Hall–Kier alpha value is -1.58. The third-order valence-corrected chi connectivity index (χ3v) is 3.98. The summed E-state index contributed by atoms with van der Waals surface area (Å²) in [4.78, 5) is 0. The minimum absolute atomic E-state index is 0.217. The molecule has 0 spiro atoms. The van der Waals surface area contributed by atoms with Crippen molar-refractivity contribution in [2.75, 3.05) is 19.0 Å². The number of halogens is 2. The first-order chi connectivity index (χ1) is 10.6. The van der Waals surface area contributed by atoms with Crippen molar-refractivity contribution in [2.24, 2.45) is 0 Å². The number of ether oxygens (including phenoxy) is 2. The Balaban J connectivity index is 2.13. The molecule has 2 aromatic rings. The van der Waals surface area contributed by atoms with Gasteiger partial charge in [-0.15, -0.1) is 6.42 Å². The largest absolute Gasteiger partial charge is 0.493 e. The predicted molar refractivity (Wildman–Crippen MR) is 98.8 cm³/mol. The number of rotatable bonds is 6. The highest BCUT2D eigenvalue weighted by molar-refractivity contribution is 14.1. The summed E-state index contributed by atoms with van der Waals surface area (Å²) in [5.74, 6) is 3.81. The van der Waals surface area contributed by atoms with Crippen molar-refractivity contribution in [1.29, 1.82) is 0 Å². The molecule has 0 saturated heterocycles. The molecule has 0 aliphatic carbocycles. The fourth-order valence-corrected chi connectivity index (χ4v) is 2.85. The minimum atomic E-state index is 0.217. The van der Waals surface area contributed by atoms with E-state index in [4.69, 9.17) is 27.5 Å². The van der Waals surface area contributed by atoms with E-state index in [-0.39, 0.29) is 6.61 Å². The molecule has 2 rings (SSSR count). The number of terminal acetylenes is 1. The van der Waals surface area contributed by atoms with Crippen LogP contribution in [0, 0.1) is 15.9 Å². The third-order valence-electron chi connectivity index (χ3n) is 2.93. The lowest BCUT2D eigenvalue weighted by Crippen LogP contribution is -2.03. The molecule has 0 saturated carbocycles. The lowest BCUT2D eigenvalue weighted by Gasteiger charge is -2.14. The van der Waals surface area contributed by atoms with E-state index < -0.39 is 0 Å². The van der Waals surface area contributed by atoms with Crippen LogP contribution in [0.15, 0.2) is 36.4 Å². The second-order valence-electron chi connectivity index (χ2n) is 4.46. The molecule has 0 bridgehead atoms. The number of hydrogen-bond acceptors (Lipinski definition) is 3. The van der Waals surface area contributed by atoms with Crippen LogP contribution in [0.2, 0.25) is 5.02 Å². The van der Waals surface area contributed by atoms with Gasteiger partial charge in [0.15, 0.2) is 11.5 Å². The quantitative estimate of drug-likeness (QED) is 0.541. The maximum atomic E-state index is 5.88. The lowest BCUT2D eigenvalue weighted by atomic mass is 10.2. The topological polar surface area (TPSA) is 30.5 Å². The Morgan fingerprint density at radius 1 is 1.27 bits per heavy atom. The molecule has 0 aliphatic heterocycles. The molecule has 0 aliphatic rings. The molecule has 22 heavy (non-hydrogen) atoms. The lowest BCUT2D eigenvalue weighted by molar-refractivity contribution is 0.328. The molecule has 0 aromatic heterocycles. The first kappa shape index (κ1) is 16.8. The molecule has 1 N–H and O–H groups in total. The Morgan fingerprint density at radius 3 is 2.64 bits per heavy atom. The van der Waals surface area contributed by atoms with Crippen LogP contribution in [0.1, 0.15) is 5.56 Å². The van der Waals surface area contributed by atoms with E-state index in [1.807, 2.05) is 36.4 Å². The van der Waals surface area contributed by atoms with Gasteiger partial charge in [0.25, 0.3) is 0 Å². The summed E-state index contributed by atoms with van der Waals surface area (Å²) in [6.45, 7) is 0.887. The highest BCUT2D eigenvalue weighted by Gasteiger charge is 2.11. The van der Waals surface area contributed by atoms with E-state index in [2.05, 4.69) is 33.8 Å². The van der Waals surface area contributed by atoms with Gasteiger partial charge >= 0.3 is 0 Å². The van der Waals surface area contributed by atoms with Gasteiger partial charge in [-0.05, 0) is 64.6 Å². The zero-order valence-corrected chi connectivity index (χ0v) is 14.9. The number of nitrogens with one attached hydrogen (secondary N) is 1. The van der Waals surface area contributed by atoms with Crippen molar-refractivity contribution >= 4 is 39.9 Å². The van der Waals surface area contributed by atoms with Crippen molar-refractivity contribution < 1.29 is 9.47 Å². The standard InChI is InChI=1S/C17H15ClINO2/c1-3-8-22-17-15(19)9-12(10-16(17)21-2)11-20-14-6-4-13(18)5-7-14/h1,4-7,9-10,20H,8,11H2,2H3. The molecule has 0 unspecified atom stereocenters. The van der Waals surface area contributed by atoms with Crippen molar-refractivity contribution in [3.05, 3.63) is 50.6 Å². The van der Waals surface area contributed by atoms with Crippen molar-refractivity contribution in [3.63, 3.8) is 0 Å². The van der Waals surface area contributed by atoms with E-state index in [1.165, 1.54) is 0 Å². The molecule has 0 fully saturated rings. The van der Waals surface area contributed by atoms with Gasteiger partial charge in [-0.3, -0.25) is 0 Å². The van der Waals surface area contributed by atoms with Crippen LogP contribution in [0.4, 0.5) is 5.69 Å². The molecule has 0 radical (unpaired) electrons. The van der Waals surface area contributed by atoms with Gasteiger partial charge in [0.1, 0.15) is 6.61 Å². The predicted octanol–water partition coefficient (Wildman–Crippen LogP) is 4.58. The normalized spacial score (nSPS) is 9.91. The molecule has 2 aromatic carbocycles. The van der Waals surface area contributed by atoms with E-state index in [0.717, 1.165) is 19.8 Å². The van der Waals surface area contributed by atoms with E-state index in [0.29, 0.717) is 18.0 Å². The fourth-order valence-electron chi connectivity index (χ4n) is 1.90. The summed E-state index contributed by atoms with van der Waals surface area (Å²) >= 11 is 8.09. The van der Waals surface area contributed by atoms with Crippen LogP contribution >= 0.6 is 34.2 Å². The molecule has 3 nitrogen and oxygen atoms in total. The van der Waals surface area contributed by atoms with Crippen LogP contribution in [0.3, 0.4) is 0 Å². The Labute approximate surface area is 149 Å². The van der Waals surface area contributed by atoms with Gasteiger partial charge in [0.05, 0.1) is 10.7 Å². The van der Waals surface area contributed by atoms with Crippen LogP contribution in [0.25, 0.3) is 0 Å². The average molecular weight is 428 g/mol. The maximum Gasteiger partial charge on any atom is 0.175 e. The SMILES string of the molecule is C#CCOc1c(I)cc(CNc2ccc(Cl)cc2)cc1OC. The van der Waals surface area contributed by atoms with Gasteiger partial charge in [-0.25, -0.2) is 0 Å². The van der Waals surface area contributed by atoms with Crippen molar-refractivity contribution in [3.8, 4) is 23.8 Å². The van der Waals surface area contributed by atoms with Crippen LogP contribution < -0.4 is 14.8 Å². The third kappa shape index (κ3) is 4.46. The van der Waals surface area contributed by atoms with Crippen molar-refractivity contribution in [2.45, 2.75) is 6.54 Å². The van der Waals surface area contributed by atoms with Crippen LogP contribution in [-0.2, 0) is 6.54 Å². The second kappa shape index (κ2) is 8.16. The number of anilines is 1. The average Bonchev–Trinajstić information content (AvgIpc) is 2.53. The van der Waals surface area contributed by atoms with Crippen LogP contribution in [0.5, 0.6) is 11.5 Å². The molecular formula is C17H15ClINO2. The van der Waals surface area contributed by atoms with E-state index in [9.17, 15) is 0 Å². The molecule has 0 heterocycles. The fraction of sp³-hybridized carbons (Fsp3) is 0.176. The number of methoxy groups -OCH3 is 1. The van der Waals surface area contributed by atoms with Gasteiger partial charge in [-0.1, -0.05) is 17.5 Å². The monoisotopic (exact) mass is 427 g/mol. The number of benzene rings is 2. The summed E-state index contributed by atoms with van der Waals surface area (Å²) in [6.07, 6.45) is 5.23. The maximum absolute atomic E-state index is 5.88. The highest BCUT2D eigenvalue weighted by atomic mass is 127. The summed E-state index contributed by atoms with van der Waals surface area (Å²) in [5.41, 5.74) is 2.09. The zero-order valence-electron chi connectivity index (χ0n) is 12.0. The minimum Gasteiger partial charge on any atom is -0.493 e. The zero-order chi connectivity index (χ0) is 15.9.